The van der Waals surface area contributed by atoms with Gasteiger partial charge in [0.15, 0.2) is 0 Å². The number of nitrogens with zero attached hydrogens (tertiary/aromatic N) is 1. The molecule has 2 aromatic rings. The number of aromatic nitrogens is 1. The van der Waals surface area contributed by atoms with Gasteiger partial charge >= 0.3 is 5.97 Å². The van der Waals surface area contributed by atoms with E-state index >= 15 is 0 Å². The third-order valence-corrected chi connectivity index (χ3v) is 5.17. The van der Waals surface area contributed by atoms with Gasteiger partial charge in [0.05, 0.1) is 21.1 Å². The average molecular weight is 296 g/mol. The monoisotopic (exact) mass is 295 g/mol. The number of rotatable bonds is 2. The number of fused-ring (bicyclic) bond motifs is 1. The maximum Gasteiger partial charge on any atom is 0.307 e. The van der Waals surface area contributed by atoms with Crippen molar-refractivity contribution in [2.45, 2.75) is 31.6 Å². The third-order valence-electron chi connectivity index (χ3n) is 3.77. The second-order valence-corrected chi connectivity index (χ2v) is 6.50. The van der Waals surface area contributed by atoms with Crippen LogP contribution in [0.4, 0.5) is 0 Å². The molecule has 19 heavy (non-hydrogen) atoms. The van der Waals surface area contributed by atoms with Crippen molar-refractivity contribution in [2.75, 3.05) is 0 Å². The van der Waals surface area contributed by atoms with E-state index in [4.69, 9.17) is 11.6 Å². The quantitative estimate of drug-likeness (QED) is 0.898. The summed E-state index contributed by atoms with van der Waals surface area (Å²) in [5.74, 6) is -0.922. The van der Waals surface area contributed by atoms with Gasteiger partial charge in [-0.25, -0.2) is 4.98 Å². The van der Waals surface area contributed by atoms with Gasteiger partial charge in [-0.05, 0) is 31.0 Å². The van der Waals surface area contributed by atoms with Crippen molar-refractivity contribution in [3.63, 3.8) is 0 Å². The lowest BCUT2D eigenvalue weighted by molar-refractivity contribution is -0.143. The fourth-order valence-electron chi connectivity index (χ4n) is 2.80. The Morgan fingerprint density at radius 3 is 2.95 bits per heavy atom. The zero-order chi connectivity index (χ0) is 13.4. The summed E-state index contributed by atoms with van der Waals surface area (Å²) in [4.78, 5) is 16.0. The molecule has 1 aliphatic carbocycles. The molecular formula is C14H14ClNO2S. The van der Waals surface area contributed by atoms with E-state index in [2.05, 4.69) is 4.98 Å². The smallest absolute Gasteiger partial charge is 0.307 e. The van der Waals surface area contributed by atoms with Crippen LogP contribution in [0, 0.1) is 5.92 Å². The lowest BCUT2D eigenvalue weighted by atomic mass is 9.79. The summed E-state index contributed by atoms with van der Waals surface area (Å²) < 4.78 is 1.08. The van der Waals surface area contributed by atoms with E-state index in [1.165, 1.54) is 0 Å². The minimum atomic E-state index is -0.693. The number of hydrogen-bond donors (Lipinski definition) is 1. The zero-order valence-corrected chi connectivity index (χ0v) is 11.9. The van der Waals surface area contributed by atoms with Crippen LogP contribution in [0.3, 0.4) is 0 Å². The topological polar surface area (TPSA) is 50.2 Å². The third kappa shape index (κ3) is 2.47. The van der Waals surface area contributed by atoms with Crippen LogP contribution in [0.25, 0.3) is 10.2 Å². The molecule has 100 valence electrons. The molecule has 0 saturated heterocycles. The average Bonchev–Trinajstić information content (AvgIpc) is 2.81. The largest absolute Gasteiger partial charge is 0.481 e. The lowest BCUT2D eigenvalue weighted by Gasteiger charge is -2.26. The second-order valence-electron chi connectivity index (χ2n) is 5.00. The first-order valence-corrected chi connectivity index (χ1v) is 7.63. The number of carbonyl (C=O) groups is 1. The molecular weight excluding hydrogens is 282 g/mol. The van der Waals surface area contributed by atoms with E-state index < -0.39 is 5.97 Å². The van der Waals surface area contributed by atoms with Crippen LogP contribution in [-0.4, -0.2) is 16.1 Å². The number of aliphatic carboxylic acids is 1. The van der Waals surface area contributed by atoms with Gasteiger partial charge < -0.3 is 5.11 Å². The van der Waals surface area contributed by atoms with Crippen LogP contribution in [-0.2, 0) is 4.79 Å². The number of carboxylic acid groups (broad SMARTS) is 1. The molecule has 5 heteroatoms. The molecule has 1 aromatic heterocycles. The predicted octanol–water partition coefficient (Wildman–Crippen LogP) is 4.31. The molecule has 3 rings (SSSR count). The fourth-order valence-corrected chi connectivity index (χ4v) is 4.11. The Kier molecular flexibility index (Phi) is 3.46. The molecule has 0 unspecified atom stereocenters. The van der Waals surface area contributed by atoms with E-state index in [0.29, 0.717) is 5.02 Å². The number of thiazole rings is 1. The van der Waals surface area contributed by atoms with E-state index in [9.17, 15) is 9.90 Å². The maximum absolute atomic E-state index is 11.4. The maximum atomic E-state index is 11.4. The minimum Gasteiger partial charge on any atom is -0.481 e. The van der Waals surface area contributed by atoms with Gasteiger partial charge in [0, 0.05) is 10.9 Å². The first-order chi connectivity index (χ1) is 9.15. The van der Waals surface area contributed by atoms with Crippen LogP contribution in [0.1, 0.15) is 36.6 Å². The van der Waals surface area contributed by atoms with Crippen LogP contribution in [0.5, 0.6) is 0 Å². The molecule has 1 saturated carbocycles. The van der Waals surface area contributed by atoms with Crippen molar-refractivity contribution < 1.29 is 9.90 Å². The van der Waals surface area contributed by atoms with Gasteiger partial charge in [0.25, 0.3) is 0 Å². The minimum absolute atomic E-state index is 0.0578. The van der Waals surface area contributed by atoms with Crippen LogP contribution < -0.4 is 0 Å². The zero-order valence-electron chi connectivity index (χ0n) is 10.3. The summed E-state index contributed by atoms with van der Waals surface area (Å²) in [6.45, 7) is 0. The molecule has 0 radical (unpaired) electrons. The summed E-state index contributed by atoms with van der Waals surface area (Å²) >= 11 is 7.56. The fraction of sp³-hybridized carbons (Fsp3) is 0.429. The number of hydrogen-bond acceptors (Lipinski definition) is 3. The molecule has 0 amide bonds. The van der Waals surface area contributed by atoms with Crippen molar-refractivity contribution in [2.24, 2.45) is 5.92 Å². The van der Waals surface area contributed by atoms with Gasteiger partial charge in [-0.2, -0.15) is 0 Å². The molecule has 1 aromatic carbocycles. The first kappa shape index (κ1) is 12.9. The van der Waals surface area contributed by atoms with Crippen molar-refractivity contribution in [3.05, 3.63) is 28.2 Å². The van der Waals surface area contributed by atoms with Crippen molar-refractivity contribution in [1.29, 1.82) is 0 Å². The second kappa shape index (κ2) is 5.10. The number of benzene rings is 1. The van der Waals surface area contributed by atoms with Crippen LogP contribution in [0.2, 0.25) is 5.02 Å². The highest BCUT2D eigenvalue weighted by molar-refractivity contribution is 7.18. The first-order valence-electron chi connectivity index (χ1n) is 6.44. The van der Waals surface area contributed by atoms with E-state index in [1.54, 1.807) is 11.3 Å². The van der Waals surface area contributed by atoms with Gasteiger partial charge in [-0.15, -0.1) is 11.3 Å². The Morgan fingerprint density at radius 2 is 2.16 bits per heavy atom. The summed E-state index contributed by atoms with van der Waals surface area (Å²) in [6, 6.07) is 5.65. The molecule has 3 nitrogen and oxygen atoms in total. The molecule has 2 atom stereocenters. The van der Waals surface area contributed by atoms with Gasteiger partial charge in [-0.3, -0.25) is 4.79 Å². The molecule has 1 fully saturated rings. The van der Waals surface area contributed by atoms with Gasteiger partial charge in [0.1, 0.15) is 0 Å². The van der Waals surface area contributed by atoms with Gasteiger partial charge in [-0.1, -0.05) is 24.4 Å². The molecule has 0 aliphatic heterocycles. The Morgan fingerprint density at radius 1 is 1.37 bits per heavy atom. The summed E-state index contributed by atoms with van der Waals surface area (Å²) in [5.41, 5.74) is 0.877. The van der Waals surface area contributed by atoms with Crippen molar-refractivity contribution >= 4 is 39.1 Å². The Labute approximate surface area is 120 Å². The molecule has 0 bridgehead atoms. The van der Waals surface area contributed by atoms with E-state index in [1.807, 2.05) is 18.2 Å². The summed E-state index contributed by atoms with van der Waals surface area (Å²) in [6.07, 6.45) is 3.77. The SMILES string of the molecule is O=C(O)[C@H]1CCCC[C@H]1c1nc2cc(Cl)ccc2s1. The summed E-state index contributed by atoms with van der Waals surface area (Å²) in [5, 5.41) is 11.0. The normalized spacial score (nSPS) is 23.6. The highest BCUT2D eigenvalue weighted by atomic mass is 35.5. The van der Waals surface area contributed by atoms with Crippen molar-refractivity contribution in [1.82, 2.24) is 4.98 Å². The number of halogens is 1. The molecule has 1 heterocycles. The Balaban J connectivity index is 1.99. The lowest BCUT2D eigenvalue weighted by Crippen LogP contribution is -2.25. The number of carboxylic acids is 1. The predicted molar refractivity (Wildman–Crippen MR) is 77.0 cm³/mol. The Bertz CT molecular complexity index is 625. The van der Waals surface area contributed by atoms with Crippen LogP contribution >= 0.6 is 22.9 Å². The van der Waals surface area contributed by atoms with Crippen molar-refractivity contribution in [3.8, 4) is 0 Å². The summed E-state index contributed by atoms with van der Waals surface area (Å²) in [7, 11) is 0. The molecule has 1 N–H and O–H groups in total. The van der Waals surface area contributed by atoms with Crippen LogP contribution in [0.15, 0.2) is 18.2 Å². The van der Waals surface area contributed by atoms with Gasteiger partial charge in [0.2, 0.25) is 0 Å². The van der Waals surface area contributed by atoms with E-state index in [0.717, 1.165) is 40.9 Å². The van der Waals surface area contributed by atoms with E-state index in [-0.39, 0.29) is 11.8 Å². The molecule has 1 aliphatic rings. The Hall–Kier alpha value is -1.13. The highest BCUT2D eigenvalue weighted by Gasteiger charge is 2.33. The standard InChI is InChI=1S/C14H14ClNO2S/c15-8-5-6-12-11(7-8)16-13(19-12)9-3-1-2-4-10(9)14(17)18/h5-7,9-10H,1-4H2,(H,17,18)/t9-,10+/m1/s1. The highest BCUT2D eigenvalue weighted by Crippen LogP contribution is 2.41. The molecule has 0 spiro atoms.